The van der Waals surface area contributed by atoms with Gasteiger partial charge >= 0.3 is 0 Å². The highest BCUT2D eigenvalue weighted by Gasteiger charge is 2.46. The Kier molecular flexibility index (Phi) is 6.56. The highest BCUT2D eigenvalue weighted by atomic mass is 35.5. The van der Waals surface area contributed by atoms with E-state index < -0.39 is 17.7 Å². The molecule has 1 aromatic heterocycles. The molecule has 6 nitrogen and oxygen atoms in total. The van der Waals surface area contributed by atoms with Crippen LogP contribution in [0, 0.1) is 0 Å². The van der Waals surface area contributed by atoms with Gasteiger partial charge in [0.25, 0.3) is 11.7 Å². The predicted molar refractivity (Wildman–Crippen MR) is 126 cm³/mol. The summed E-state index contributed by atoms with van der Waals surface area (Å²) in [5, 5.41) is 11.7. The first-order valence-electron chi connectivity index (χ1n) is 10.3. The number of pyridine rings is 1. The van der Waals surface area contributed by atoms with E-state index in [2.05, 4.69) is 11.6 Å². The fraction of sp³-hybridized carbons (Fsp3) is 0.115. The maximum atomic E-state index is 13.1. The number of aliphatic hydroxyl groups is 1. The first kappa shape index (κ1) is 22.3. The molecular formula is C26H21ClN2O4. The summed E-state index contributed by atoms with van der Waals surface area (Å²) >= 11 is 6.05. The van der Waals surface area contributed by atoms with Gasteiger partial charge in [0, 0.05) is 29.5 Å². The zero-order valence-electron chi connectivity index (χ0n) is 17.6. The van der Waals surface area contributed by atoms with E-state index in [1.54, 1.807) is 73.1 Å². The minimum absolute atomic E-state index is 0.0194. The van der Waals surface area contributed by atoms with Crippen LogP contribution in [0.25, 0.3) is 5.76 Å². The van der Waals surface area contributed by atoms with E-state index in [4.69, 9.17) is 16.3 Å². The van der Waals surface area contributed by atoms with Crippen LogP contribution in [-0.4, -0.2) is 33.3 Å². The lowest BCUT2D eigenvalue weighted by molar-refractivity contribution is -0.140. The Morgan fingerprint density at radius 2 is 1.85 bits per heavy atom. The van der Waals surface area contributed by atoms with Crippen molar-refractivity contribution in [1.82, 2.24) is 9.88 Å². The number of halogens is 1. The first-order chi connectivity index (χ1) is 16.0. The Morgan fingerprint density at radius 1 is 1.12 bits per heavy atom. The standard InChI is InChI=1S/C26H21ClN2O4/c1-2-14-33-21-11-7-19(8-12-21)24(30)22-23(18-5-9-20(27)10-6-18)29(26(32)25(22)31)16-17-4-3-13-28-15-17/h2-13,15,23,30H,1,14,16H2/b24-22-. The molecule has 1 amide bonds. The van der Waals surface area contributed by atoms with Crippen LogP contribution in [0.15, 0.2) is 91.3 Å². The molecule has 1 aliphatic rings. The van der Waals surface area contributed by atoms with Gasteiger partial charge in [0.2, 0.25) is 0 Å². The predicted octanol–water partition coefficient (Wildman–Crippen LogP) is 4.92. The normalized spacial score (nSPS) is 17.2. The van der Waals surface area contributed by atoms with E-state index in [9.17, 15) is 14.7 Å². The molecule has 0 radical (unpaired) electrons. The molecule has 4 rings (SSSR count). The molecule has 0 bridgehead atoms. The molecule has 0 aliphatic carbocycles. The summed E-state index contributed by atoms with van der Waals surface area (Å²) in [6.45, 7) is 4.12. The fourth-order valence-corrected chi connectivity index (χ4v) is 3.87. The summed E-state index contributed by atoms with van der Waals surface area (Å²) < 4.78 is 5.48. The number of hydrogen-bond acceptors (Lipinski definition) is 5. The minimum atomic E-state index is -0.779. The van der Waals surface area contributed by atoms with Gasteiger partial charge in [-0.3, -0.25) is 14.6 Å². The number of ketones is 1. The number of benzene rings is 2. The van der Waals surface area contributed by atoms with Crippen LogP contribution < -0.4 is 4.74 Å². The molecule has 0 saturated carbocycles. The maximum absolute atomic E-state index is 13.1. The van der Waals surface area contributed by atoms with Crippen molar-refractivity contribution in [1.29, 1.82) is 0 Å². The molecule has 7 heteroatoms. The number of carbonyl (C=O) groups excluding carboxylic acids is 2. The van der Waals surface area contributed by atoms with Crippen LogP contribution in [-0.2, 0) is 16.1 Å². The van der Waals surface area contributed by atoms with Crippen LogP contribution >= 0.6 is 11.6 Å². The number of aliphatic hydroxyl groups excluding tert-OH is 1. The number of rotatable bonds is 7. The molecule has 166 valence electrons. The molecule has 1 saturated heterocycles. The van der Waals surface area contributed by atoms with Gasteiger partial charge in [0.15, 0.2) is 0 Å². The second-order valence-corrected chi connectivity index (χ2v) is 7.90. The molecule has 33 heavy (non-hydrogen) atoms. The Morgan fingerprint density at radius 3 is 2.48 bits per heavy atom. The van der Waals surface area contributed by atoms with E-state index in [1.807, 2.05) is 6.07 Å². The van der Waals surface area contributed by atoms with Gasteiger partial charge in [-0.1, -0.05) is 42.5 Å². The largest absolute Gasteiger partial charge is 0.507 e. The van der Waals surface area contributed by atoms with Crippen molar-refractivity contribution in [2.45, 2.75) is 12.6 Å². The Balaban J connectivity index is 1.78. The van der Waals surface area contributed by atoms with E-state index >= 15 is 0 Å². The third kappa shape index (κ3) is 4.66. The van der Waals surface area contributed by atoms with Crippen LogP contribution in [0.4, 0.5) is 0 Å². The van der Waals surface area contributed by atoms with Gasteiger partial charge in [-0.05, 0) is 53.6 Å². The lowest BCUT2D eigenvalue weighted by atomic mass is 9.95. The highest BCUT2D eigenvalue weighted by molar-refractivity contribution is 6.46. The molecule has 1 aliphatic heterocycles. The molecule has 1 fully saturated rings. The van der Waals surface area contributed by atoms with Crippen molar-refractivity contribution in [3.8, 4) is 5.75 Å². The number of likely N-dealkylation sites (tertiary alicyclic amines) is 1. The van der Waals surface area contributed by atoms with Crippen molar-refractivity contribution in [2.24, 2.45) is 0 Å². The first-order valence-corrected chi connectivity index (χ1v) is 10.6. The molecule has 2 heterocycles. The van der Waals surface area contributed by atoms with Crippen molar-refractivity contribution >= 4 is 29.1 Å². The number of amides is 1. The number of hydrogen-bond donors (Lipinski definition) is 1. The molecule has 2 aromatic carbocycles. The van der Waals surface area contributed by atoms with Crippen molar-refractivity contribution < 1.29 is 19.4 Å². The topological polar surface area (TPSA) is 79.7 Å². The Labute approximate surface area is 196 Å². The van der Waals surface area contributed by atoms with Crippen LogP contribution in [0.3, 0.4) is 0 Å². The molecule has 1 N–H and O–H groups in total. The number of ether oxygens (including phenoxy) is 1. The second-order valence-electron chi connectivity index (χ2n) is 7.46. The molecule has 3 aromatic rings. The van der Waals surface area contributed by atoms with Crippen molar-refractivity contribution in [2.75, 3.05) is 6.61 Å². The van der Waals surface area contributed by atoms with Gasteiger partial charge in [0.1, 0.15) is 18.1 Å². The summed E-state index contributed by atoms with van der Waals surface area (Å²) in [7, 11) is 0. The Hall–Kier alpha value is -3.90. The van der Waals surface area contributed by atoms with E-state index in [0.29, 0.717) is 28.5 Å². The third-order valence-corrected chi connectivity index (χ3v) is 5.55. The molecular weight excluding hydrogens is 440 g/mol. The molecule has 1 unspecified atom stereocenters. The minimum Gasteiger partial charge on any atom is -0.507 e. The third-order valence-electron chi connectivity index (χ3n) is 5.30. The van der Waals surface area contributed by atoms with E-state index in [0.717, 1.165) is 5.56 Å². The van der Waals surface area contributed by atoms with E-state index in [1.165, 1.54) is 4.90 Å². The van der Waals surface area contributed by atoms with Crippen LogP contribution in [0.2, 0.25) is 5.02 Å². The lowest BCUT2D eigenvalue weighted by Gasteiger charge is -2.25. The zero-order chi connectivity index (χ0) is 23.4. The van der Waals surface area contributed by atoms with Crippen LogP contribution in [0.5, 0.6) is 5.75 Å². The summed E-state index contributed by atoms with van der Waals surface area (Å²) in [4.78, 5) is 31.7. The number of Topliss-reactive ketones (excluding diaryl/α,β-unsaturated/α-hetero) is 1. The number of carbonyl (C=O) groups is 2. The SMILES string of the molecule is C=CCOc1ccc(/C(O)=C2/C(=O)C(=O)N(Cc3cccnc3)C2c2ccc(Cl)cc2)cc1. The summed E-state index contributed by atoms with van der Waals surface area (Å²) in [5.41, 5.74) is 1.85. The van der Waals surface area contributed by atoms with Gasteiger partial charge in [-0.25, -0.2) is 0 Å². The summed E-state index contributed by atoms with van der Waals surface area (Å²) in [6, 6.07) is 16.3. The van der Waals surface area contributed by atoms with E-state index in [-0.39, 0.29) is 17.9 Å². The van der Waals surface area contributed by atoms with Gasteiger partial charge in [-0.2, -0.15) is 0 Å². The number of nitrogens with zero attached hydrogens (tertiary/aromatic N) is 2. The average molecular weight is 461 g/mol. The maximum Gasteiger partial charge on any atom is 0.295 e. The zero-order valence-corrected chi connectivity index (χ0v) is 18.4. The monoisotopic (exact) mass is 460 g/mol. The summed E-state index contributed by atoms with van der Waals surface area (Å²) in [6.07, 6.45) is 4.90. The van der Waals surface area contributed by atoms with Crippen molar-refractivity contribution in [3.05, 3.63) is 113 Å². The lowest BCUT2D eigenvalue weighted by Crippen LogP contribution is -2.29. The quantitative estimate of drug-likeness (QED) is 0.234. The average Bonchev–Trinajstić information content (AvgIpc) is 3.08. The van der Waals surface area contributed by atoms with Crippen LogP contribution in [0.1, 0.15) is 22.7 Å². The number of aromatic nitrogens is 1. The smallest absolute Gasteiger partial charge is 0.295 e. The fourth-order valence-electron chi connectivity index (χ4n) is 3.74. The van der Waals surface area contributed by atoms with Crippen molar-refractivity contribution in [3.63, 3.8) is 0 Å². The molecule has 0 spiro atoms. The summed E-state index contributed by atoms with van der Waals surface area (Å²) in [5.74, 6) is -1.09. The second kappa shape index (κ2) is 9.71. The van der Waals surface area contributed by atoms with Gasteiger partial charge in [0.05, 0.1) is 11.6 Å². The highest BCUT2D eigenvalue weighted by Crippen LogP contribution is 2.40. The van der Waals surface area contributed by atoms with Gasteiger partial charge in [-0.15, -0.1) is 0 Å². The van der Waals surface area contributed by atoms with Gasteiger partial charge < -0.3 is 14.7 Å². The molecule has 1 atom stereocenters. The Bertz CT molecular complexity index is 1210.